The Morgan fingerprint density at radius 3 is 1.04 bits per heavy atom. The lowest BCUT2D eigenvalue weighted by Gasteiger charge is -2.44. The summed E-state index contributed by atoms with van der Waals surface area (Å²) < 4.78 is 297. The predicted octanol–water partition coefficient (Wildman–Crippen LogP) is 11.3. The number of halogens is 21. The number of benzene rings is 7. The van der Waals surface area contributed by atoms with Crippen molar-refractivity contribution in [2.45, 2.75) is 6.54 Å². The molecule has 1 aromatic heterocycles. The molecule has 0 fully saturated rings. The molecule has 0 radical (unpaired) electrons. The molecule has 0 unspecified atom stereocenters. The molecule has 24 heteroatoms. The van der Waals surface area contributed by atoms with E-state index < -0.39 is 144 Å². The average molecular weight is 1080 g/mol. The minimum Gasteiger partial charge on any atom is -0.287 e. The van der Waals surface area contributed by atoms with Crippen LogP contribution in [-0.4, -0.2) is 11.9 Å². The standard InChI is InChI=1S/C24BF20.C23H17BrNO/c26-5-1(6(27)14(35)21(42)13(5)34)25(2-7(28)15(36)22(43)16(37)8(2)29,3-9(30)17(38)23(44)18(39)10(3)31)4-11(32)19(40)24(45)20(41)12(4)33;24-20-12-10-19(11-13-20)23-21-9-5-4-6-17(21)14-15-25(23)16-22(26)18-7-2-1-3-8-18/h;1-15H,16H2/q-1;+1. The van der Waals surface area contributed by atoms with Gasteiger partial charge in [-0.3, -0.25) is 4.79 Å². The van der Waals surface area contributed by atoms with Gasteiger partial charge in [-0.05, 0) is 35.7 Å². The molecule has 0 bridgehead atoms. The highest BCUT2D eigenvalue weighted by molar-refractivity contribution is 9.10. The maximum absolute atomic E-state index is 15.4. The molecule has 8 rings (SSSR count). The maximum Gasteiger partial charge on any atom is 0.227 e. The van der Waals surface area contributed by atoms with Gasteiger partial charge in [0.1, 0.15) is 52.7 Å². The van der Waals surface area contributed by atoms with Gasteiger partial charge in [-0.2, -0.15) is 4.57 Å². The SMILES string of the molecule is Fc1c(F)c(F)c([B-](c2c(F)c(F)c(F)c(F)c2F)(c2c(F)c(F)c(F)c(F)c2F)c2c(F)c(F)c(F)c(F)c2F)c(F)c1F.O=C(C[n+]1ccc2ccccc2c1-c1ccc(Br)cc1)c1ccccc1. The molecule has 8 aromatic rings. The second-order valence-corrected chi connectivity index (χ2v) is 15.9. The minimum atomic E-state index is -7.22. The first-order chi connectivity index (χ1) is 33.4. The molecule has 0 saturated carbocycles. The molecule has 0 N–H and O–H groups in total. The molecule has 1 heterocycles. The molecule has 0 spiro atoms. The van der Waals surface area contributed by atoms with Gasteiger partial charge < -0.3 is 0 Å². The van der Waals surface area contributed by atoms with Crippen molar-refractivity contribution in [3.05, 3.63) is 218 Å². The van der Waals surface area contributed by atoms with Gasteiger partial charge in [0.05, 0.1) is 5.39 Å². The van der Waals surface area contributed by atoms with Gasteiger partial charge in [0.2, 0.25) is 18.0 Å². The number of pyridine rings is 1. The van der Waals surface area contributed by atoms with Crippen molar-refractivity contribution in [3.8, 4) is 11.3 Å². The summed E-state index contributed by atoms with van der Waals surface area (Å²) in [7, 11) is 0. The van der Waals surface area contributed by atoms with E-state index >= 15 is 35.1 Å². The number of fused-ring (bicyclic) bond motifs is 1. The Hall–Kier alpha value is -7.24. The van der Waals surface area contributed by atoms with Gasteiger partial charge in [0.15, 0.2) is 76.0 Å². The number of ketones is 1. The molecule has 2 nitrogen and oxygen atoms in total. The van der Waals surface area contributed by atoms with Crippen LogP contribution in [0.2, 0.25) is 0 Å². The summed E-state index contributed by atoms with van der Waals surface area (Å²) in [4.78, 5) is 12.8. The fraction of sp³-hybridized carbons (Fsp3) is 0.0213. The van der Waals surface area contributed by atoms with E-state index in [0.717, 1.165) is 32.1 Å². The molecule has 0 aliphatic rings. The van der Waals surface area contributed by atoms with E-state index in [4.69, 9.17) is 0 Å². The van der Waals surface area contributed by atoms with Crippen LogP contribution in [-0.2, 0) is 6.54 Å². The number of carbonyl (C=O) groups excluding carboxylic acids is 1. The fourth-order valence-corrected chi connectivity index (χ4v) is 8.33. The van der Waals surface area contributed by atoms with Gasteiger partial charge in [0, 0.05) is 21.7 Å². The molecular weight excluding hydrogens is 1070 g/mol. The van der Waals surface area contributed by atoms with Crippen molar-refractivity contribution >= 4 is 60.5 Å². The van der Waals surface area contributed by atoms with E-state index in [1.807, 2.05) is 65.4 Å². The molecule has 71 heavy (non-hydrogen) atoms. The summed E-state index contributed by atoms with van der Waals surface area (Å²) in [6.07, 6.45) is -5.22. The smallest absolute Gasteiger partial charge is 0.227 e. The Balaban J connectivity index is 0.000000240. The van der Waals surface area contributed by atoms with Crippen LogP contribution in [0.1, 0.15) is 10.4 Å². The third-order valence-electron chi connectivity index (χ3n) is 11.2. The molecule has 0 aliphatic heterocycles. The van der Waals surface area contributed by atoms with Crippen molar-refractivity contribution in [1.29, 1.82) is 0 Å². The first kappa shape index (κ1) is 51.6. The lowest BCUT2D eigenvalue weighted by atomic mass is 9.12. The number of nitrogens with zero attached hydrogens (tertiary/aromatic N) is 1. The second-order valence-electron chi connectivity index (χ2n) is 15.0. The Labute approximate surface area is 392 Å². The Morgan fingerprint density at radius 2 is 0.690 bits per heavy atom. The predicted molar refractivity (Wildman–Crippen MR) is 217 cm³/mol. The number of hydrogen-bond acceptors (Lipinski definition) is 1. The highest BCUT2D eigenvalue weighted by Gasteiger charge is 2.52. The number of Topliss-reactive ketones (excluding diaryl/α,β-unsaturated/α-hetero) is 1. The van der Waals surface area contributed by atoms with Gasteiger partial charge in [-0.25, -0.2) is 87.8 Å². The van der Waals surface area contributed by atoms with Crippen molar-refractivity contribution in [3.63, 3.8) is 0 Å². The zero-order chi connectivity index (χ0) is 52.3. The van der Waals surface area contributed by atoms with Gasteiger partial charge >= 0.3 is 0 Å². The number of hydrogen-bond donors (Lipinski definition) is 0. The van der Waals surface area contributed by atoms with E-state index in [0.29, 0.717) is 6.54 Å². The van der Waals surface area contributed by atoms with Crippen molar-refractivity contribution in [1.82, 2.24) is 0 Å². The molecule has 0 atom stereocenters. The largest absolute Gasteiger partial charge is 0.287 e. The molecular formula is C47H17BBrF20NO. The first-order valence-electron chi connectivity index (χ1n) is 19.4. The van der Waals surface area contributed by atoms with Crippen LogP contribution in [0, 0.1) is 116 Å². The molecule has 0 amide bonds. The summed E-state index contributed by atoms with van der Waals surface area (Å²) in [5.41, 5.74) is -11.5. The fourth-order valence-electron chi connectivity index (χ4n) is 8.06. The summed E-state index contributed by atoms with van der Waals surface area (Å²) in [5.74, 6) is -71.3. The summed E-state index contributed by atoms with van der Waals surface area (Å²) in [5, 5.41) is 2.30. The van der Waals surface area contributed by atoms with Gasteiger partial charge in [0.25, 0.3) is 0 Å². The zero-order valence-corrected chi connectivity index (χ0v) is 35.8. The van der Waals surface area contributed by atoms with Crippen LogP contribution in [0.15, 0.2) is 95.6 Å². The van der Waals surface area contributed by atoms with Crippen molar-refractivity contribution < 1.29 is 97.2 Å². The van der Waals surface area contributed by atoms with Crippen LogP contribution in [0.5, 0.6) is 0 Å². The quantitative estimate of drug-likeness (QED) is 0.0371. The number of rotatable bonds is 8. The van der Waals surface area contributed by atoms with E-state index in [9.17, 15) is 57.5 Å². The third-order valence-corrected chi connectivity index (χ3v) is 11.7. The Kier molecular flexibility index (Phi) is 14.2. The van der Waals surface area contributed by atoms with Crippen molar-refractivity contribution in [2.24, 2.45) is 0 Å². The second kappa shape index (κ2) is 19.5. The van der Waals surface area contributed by atoms with Crippen LogP contribution in [0.3, 0.4) is 0 Å². The monoisotopic (exact) mass is 1080 g/mol. The first-order valence-corrected chi connectivity index (χ1v) is 20.2. The minimum absolute atomic E-state index is 0.101. The van der Waals surface area contributed by atoms with E-state index in [-0.39, 0.29) is 5.78 Å². The number of carbonyl (C=O) groups is 1. The highest BCUT2D eigenvalue weighted by Crippen LogP contribution is 2.32. The van der Waals surface area contributed by atoms with Crippen LogP contribution < -0.4 is 26.4 Å². The summed E-state index contributed by atoms with van der Waals surface area (Å²) in [6, 6.07) is 28.0. The lowest BCUT2D eigenvalue weighted by Crippen LogP contribution is -2.81. The highest BCUT2D eigenvalue weighted by atomic mass is 79.9. The van der Waals surface area contributed by atoms with E-state index in [2.05, 4.69) is 46.3 Å². The molecule has 0 aliphatic carbocycles. The van der Waals surface area contributed by atoms with Crippen LogP contribution in [0.4, 0.5) is 87.8 Å². The molecule has 366 valence electrons. The van der Waals surface area contributed by atoms with Crippen LogP contribution in [0.25, 0.3) is 22.0 Å². The Bertz CT molecular complexity index is 3100. The van der Waals surface area contributed by atoms with Gasteiger partial charge in [-0.1, -0.05) is 64.5 Å². The third kappa shape index (κ3) is 8.33. The summed E-state index contributed by atoms with van der Waals surface area (Å²) in [6.45, 7) is 0.306. The number of aromatic nitrogens is 1. The Morgan fingerprint density at radius 1 is 0.380 bits per heavy atom. The lowest BCUT2D eigenvalue weighted by molar-refractivity contribution is -0.671. The topological polar surface area (TPSA) is 20.9 Å². The molecule has 7 aromatic carbocycles. The van der Waals surface area contributed by atoms with Crippen molar-refractivity contribution in [2.75, 3.05) is 0 Å². The maximum atomic E-state index is 15.4. The van der Waals surface area contributed by atoms with Crippen LogP contribution >= 0.6 is 15.9 Å². The van der Waals surface area contributed by atoms with Gasteiger partial charge in [-0.15, -0.1) is 21.9 Å². The average Bonchev–Trinajstić information content (AvgIpc) is 3.37. The zero-order valence-electron chi connectivity index (χ0n) is 34.2. The molecule has 0 saturated heterocycles. The van der Waals surface area contributed by atoms with E-state index in [1.54, 1.807) is 0 Å². The normalized spacial score (nSPS) is 11.6. The summed E-state index contributed by atoms with van der Waals surface area (Å²) >= 11 is 3.50. The van der Waals surface area contributed by atoms with E-state index in [1.165, 1.54) is 0 Å².